The number of ether oxygens (including phenoxy) is 3. The SMILES string of the molecule is CCOC(=O)c1ccc(N=C2SC(=Cc3cc(I)c(OCc4ccccc4F)c(OCC)c3)C(=O)N2C)cc1. The fourth-order valence-electron chi connectivity index (χ4n) is 3.64. The number of aliphatic imine (C=N–C) groups is 1. The van der Waals surface area contributed by atoms with Crippen LogP contribution in [0, 0.1) is 9.39 Å². The number of amides is 1. The molecule has 0 aliphatic carbocycles. The van der Waals surface area contributed by atoms with Gasteiger partial charge in [-0.15, -0.1) is 0 Å². The number of benzene rings is 3. The van der Waals surface area contributed by atoms with E-state index in [4.69, 9.17) is 14.2 Å². The van der Waals surface area contributed by atoms with E-state index < -0.39 is 5.97 Å². The molecule has 0 saturated carbocycles. The molecule has 0 N–H and O–H groups in total. The summed E-state index contributed by atoms with van der Waals surface area (Å²) in [4.78, 5) is 31.4. The van der Waals surface area contributed by atoms with Crippen LogP contribution in [0.2, 0.25) is 0 Å². The topological polar surface area (TPSA) is 77.4 Å². The van der Waals surface area contributed by atoms with Gasteiger partial charge < -0.3 is 14.2 Å². The molecule has 0 aromatic heterocycles. The van der Waals surface area contributed by atoms with E-state index in [0.717, 1.165) is 9.13 Å². The van der Waals surface area contributed by atoms with E-state index in [1.165, 1.54) is 22.7 Å². The molecule has 0 unspecified atom stereocenters. The van der Waals surface area contributed by atoms with Crippen molar-refractivity contribution in [3.63, 3.8) is 0 Å². The first-order valence-electron chi connectivity index (χ1n) is 12.2. The summed E-state index contributed by atoms with van der Waals surface area (Å²) in [7, 11) is 1.66. The molecule has 0 bridgehead atoms. The van der Waals surface area contributed by atoms with Gasteiger partial charge in [0.05, 0.1) is 32.9 Å². The number of thioether (sulfide) groups is 1. The van der Waals surface area contributed by atoms with Crippen molar-refractivity contribution in [1.29, 1.82) is 0 Å². The van der Waals surface area contributed by atoms with Gasteiger partial charge in [-0.25, -0.2) is 14.2 Å². The van der Waals surface area contributed by atoms with Crippen LogP contribution in [0.15, 0.2) is 70.6 Å². The number of likely N-dealkylation sites (N-methyl/N-ethyl adjacent to an activating group) is 1. The maximum Gasteiger partial charge on any atom is 0.338 e. The van der Waals surface area contributed by atoms with Gasteiger partial charge >= 0.3 is 5.97 Å². The van der Waals surface area contributed by atoms with E-state index in [9.17, 15) is 14.0 Å². The molecule has 3 aromatic rings. The summed E-state index contributed by atoms with van der Waals surface area (Å²) in [6, 6.07) is 16.8. The van der Waals surface area contributed by atoms with Crippen LogP contribution in [0.3, 0.4) is 0 Å². The van der Waals surface area contributed by atoms with Gasteiger partial charge in [-0.3, -0.25) is 9.69 Å². The van der Waals surface area contributed by atoms with Crippen LogP contribution in [-0.4, -0.2) is 42.2 Å². The molecule has 1 fully saturated rings. The summed E-state index contributed by atoms with van der Waals surface area (Å²) >= 11 is 3.40. The van der Waals surface area contributed by atoms with Crippen LogP contribution in [0.5, 0.6) is 11.5 Å². The van der Waals surface area contributed by atoms with Crippen molar-refractivity contribution < 1.29 is 28.2 Å². The molecule has 39 heavy (non-hydrogen) atoms. The fraction of sp³-hybridized carbons (Fsp3) is 0.207. The van der Waals surface area contributed by atoms with Gasteiger partial charge in [0.25, 0.3) is 5.91 Å². The lowest BCUT2D eigenvalue weighted by molar-refractivity contribution is -0.121. The van der Waals surface area contributed by atoms with E-state index in [1.807, 2.05) is 13.0 Å². The van der Waals surface area contributed by atoms with Crippen LogP contribution in [-0.2, 0) is 16.1 Å². The summed E-state index contributed by atoms with van der Waals surface area (Å²) < 4.78 is 31.6. The molecule has 1 saturated heterocycles. The molecule has 7 nitrogen and oxygen atoms in total. The zero-order chi connectivity index (χ0) is 27.9. The second-order valence-corrected chi connectivity index (χ2v) is 10.5. The zero-order valence-corrected chi connectivity index (χ0v) is 24.5. The van der Waals surface area contributed by atoms with Crippen LogP contribution in [0.25, 0.3) is 6.08 Å². The summed E-state index contributed by atoms with van der Waals surface area (Å²) in [6.45, 7) is 4.39. The molecule has 10 heteroatoms. The van der Waals surface area contributed by atoms with Crippen molar-refractivity contribution in [2.45, 2.75) is 20.5 Å². The monoisotopic (exact) mass is 660 g/mol. The molecule has 4 rings (SSSR count). The van der Waals surface area contributed by atoms with Gasteiger partial charge in [0.2, 0.25) is 0 Å². The Morgan fingerprint density at radius 1 is 1.08 bits per heavy atom. The molecule has 1 aliphatic rings. The van der Waals surface area contributed by atoms with Crippen molar-refractivity contribution in [2.24, 2.45) is 4.99 Å². The first kappa shape index (κ1) is 28.6. The third-order valence-corrected chi connectivity index (χ3v) is 7.43. The number of esters is 1. The van der Waals surface area contributed by atoms with Crippen LogP contribution in [0.4, 0.5) is 10.1 Å². The first-order valence-corrected chi connectivity index (χ1v) is 14.1. The number of amidine groups is 1. The highest BCUT2D eigenvalue weighted by atomic mass is 127. The summed E-state index contributed by atoms with van der Waals surface area (Å²) in [5, 5.41) is 0.514. The molecular formula is C29H26FIN2O5S. The maximum atomic E-state index is 14.1. The molecule has 202 valence electrons. The number of hydrogen-bond acceptors (Lipinski definition) is 7. The van der Waals surface area contributed by atoms with E-state index in [-0.39, 0.29) is 18.3 Å². The van der Waals surface area contributed by atoms with E-state index in [2.05, 4.69) is 27.6 Å². The Morgan fingerprint density at radius 3 is 2.51 bits per heavy atom. The van der Waals surface area contributed by atoms with Gasteiger partial charge in [0.15, 0.2) is 16.7 Å². The van der Waals surface area contributed by atoms with Crippen molar-refractivity contribution >= 4 is 63.2 Å². The van der Waals surface area contributed by atoms with Crippen molar-refractivity contribution in [3.8, 4) is 11.5 Å². The predicted molar refractivity (Wildman–Crippen MR) is 159 cm³/mol. The zero-order valence-electron chi connectivity index (χ0n) is 21.6. The predicted octanol–water partition coefficient (Wildman–Crippen LogP) is 6.82. The average Bonchev–Trinajstić information content (AvgIpc) is 3.17. The van der Waals surface area contributed by atoms with E-state index in [0.29, 0.717) is 51.6 Å². The number of rotatable bonds is 9. The van der Waals surface area contributed by atoms with Crippen LogP contribution >= 0.6 is 34.4 Å². The fourth-order valence-corrected chi connectivity index (χ4v) is 5.41. The molecule has 0 radical (unpaired) electrons. The second-order valence-electron chi connectivity index (χ2n) is 8.28. The Kier molecular flexibility index (Phi) is 9.63. The standard InChI is InChI=1S/C29H26FIN2O5S/c1-4-36-24-15-18(14-23(31)26(24)38-17-20-8-6-7-9-22(20)30)16-25-27(34)33(3)29(39-25)32-21-12-10-19(11-13-21)28(35)37-5-2/h6-16H,4-5,17H2,1-3H3. The second kappa shape index (κ2) is 13.1. The van der Waals surface area contributed by atoms with Gasteiger partial charge in [-0.05, 0) is 102 Å². The van der Waals surface area contributed by atoms with Gasteiger partial charge in [0.1, 0.15) is 12.4 Å². The summed E-state index contributed by atoms with van der Waals surface area (Å²) in [6.07, 6.45) is 1.78. The van der Waals surface area contributed by atoms with Gasteiger partial charge in [-0.2, -0.15) is 0 Å². The molecule has 3 aromatic carbocycles. The minimum Gasteiger partial charge on any atom is -0.490 e. The number of hydrogen-bond donors (Lipinski definition) is 0. The molecule has 0 atom stereocenters. The van der Waals surface area contributed by atoms with Crippen molar-refractivity contribution in [2.75, 3.05) is 20.3 Å². The Hall–Kier alpha value is -3.38. The Balaban J connectivity index is 1.55. The Morgan fingerprint density at radius 2 is 1.82 bits per heavy atom. The smallest absolute Gasteiger partial charge is 0.338 e. The molecular weight excluding hydrogens is 634 g/mol. The summed E-state index contributed by atoms with van der Waals surface area (Å²) in [5.74, 6) is 0.106. The lowest BCUT2D eigenvalue weighted by atomic mass is 10.1. The number of nitrogens with zero attached hydrogens (tertiary/aromatic N) is 2. The Bertz CT molecular complexity index is 1440. The van der Waals surface area contributed by atoms with Gasteiger partial charge in [0, 0.05) is 12.6 Å². The number of halogens is 2. The number of carbonyl (C=O) groups is 2. The van der Waals surface area contributed by atoms with Crippen molar-refractivity contribution in [1.82, 2.24) is 4.90 Å². The minimum atomic E-state index is -0.394. The van der Waals surface area contributed by atoms with Crippen LogP contribution < -0.4 is 9.47 Å². The normalized spacial score (nSPS) is 15.2. The third kappa shape index (κ3) is 6.99. The van der Waals surface area contributed by atoms with E-state index >= 15 is 0 Å². The minimum absolute atomic E-state index is 0.0584. The lowest BCUT2D eigenvalue weighted by Gasteiger charge is -2.15. The highest BCUT2D eigenvalue weighted by Crippen LogP contribution is 2.38. The highest BCUT2D eigenvalue weighted by Gasteiger charge is 2.30. The van der Waals surface area contributed by atoms with Gasteiger partial charge in [-0.1, -0.05) is 18.2 Å². The summed E-state index contributed by atoms with van der Waals surface area (Å²) in [5.41, 5.74) is 2.24. The van der Waals surface area contributed by atoms with Crippen LogP contribution in [0.1, 0.15) is 35.3 Å². The first-order chi connectivity index (χ1) is 18.8. The molecule has 1 aliphatic heterocycles. The lowest BCUT2D eigenvalue weighted by Crippen LogP contribution is -2.23. The number of carbonyl (C=O) groups excluding carboxylic acids is 2. The van der Waals surface area contributed by atoms with Crippen molar-refractivity contribution in [3.05, 3.63) is 91.6 Å². The highest BCUT2D eigenvalue weighted by molar-refractivity contribution is 14.1. The molecule has 1 amide bonds. The maximum absolute atomic E-state index is 14.1. The van der Waals surface area contributed by atoms with E-state index in [1.54, 1.807) is 68.6 Å². The quantitative estimate of drug-likeness (QED) is 0.143. The Labute approximate surface area is 244 Å². The third-order valence-electron chi connectivity index (χ3n) is 5.57. The molecule has 1 heterocycles. The molecule has 0 spiro atoms. The average molecular weight is 661 g/mol. The largest absolute Gasteiger partial charge is 0.490 e.